The number of ether oxygens (including phenoxy) is 1. The lowest BCUT2D eigenvalue weighted by molar-refractivity contribution is -0.137. The van der Waals surface area contributed by atoms with E-state index in [0.717, 1.165) is 37.8 Å². The van der Waals surface area contributed by atoms with Gasteiger partial charge in [-0.25, -0.2) is 0 Å². The molecule has 0 spiro atoms. The van der Waals surface area contributed by atoms with Crippen LogP contribution in [-0.4, -0.2) is 19.1 Å². The maximum Gasteiger partial charge on any atom is 0.416 e. The quantitative estimate of drug-likeness (QED) is 0.862. The third kappa shape index (κ3) is 5.51. The molecule has 6 heteroatoms. The highest BCUT2D eigenvalue weighted by Gasteiger charge is 2.30. The minimum absolute atomic E-state index is 0.0237. The first-order valence-electron chi connectivity index (χ1n) is 7.50. The van der Waals surface area contributed by atoms with Gasteiger partial charge in [-0.05, 0) is 31.0 Å². The van der Waals surface area contributed by atoms with Crippen molar-refractivity contribution >= 4 is 5.91 Å². The Bertz CT molecular complexity index is 596. The molecule has 1 saturated carbocycles. The number of benzene rings is 1. The van der Waals surface area contributed by atoms with Gasteiger partial charge >= 0.3 is 6.18 Å². The molecule has 1 N–H and O–H groups in total. The Hall–Kier alpha value is -2.16. The average Bonchev–Trinajstić information content (AvgIpc) is 3.04. The fourth-order valence-corrected chi connectivity index (χ4v) is 2.46. The SMILES string of the molecule is O=C(NCC#CCOc1cccc(C(F)(F)F)c1)C1CCCC1. The van der Waals surface area contributed by atoms with E-state index in [4.69, 9.17) is 4.74 Å². The molecule has 1 aliphatic rings. The van der Waals surface area contributed by atoms with Crippen molar-refractivity contribution in [2.45, 2.75) is 31.9 Å². The van der Waals surface area contributed by atoms with E-state index in [-0.39, 0.29) is 30.7 Å². The van der Waals surface area contributed by atoms with Crippen molar-refractivity contribution in [3.63, 3.8) is 0 Å². The summed E-state index contributed by atoms with van der Waals surface area (Å²) in [4.78, 5) is 11.7. The lowest BCUT2D eigenvalue weighted by Crippen LogP contribution is -2.29. The summed E-state index contributed by atoms with van der Waals surface area (Å²) in [5, 5.41) is 2.74. The predicted molar refractivity (Wildman–Crippen MR) is 79.7 cm³/mol. The lowest BCUT2D eigenvalue weighted by atomic mass is 10.1. The van der Waals surface area contributed by atoms with Crippen molar-refractivity contribution in [2.75, 3.05) is 13.2 Å². The van der Waals surface area contributed by atoms with Gasteiger partial charge in [0.1, 0.15) is 12.4 Å². The zero-order valence-corrected chi connectivity index (χ0v) is 12.6. The number of carbonyl (C=O) groups excluding carboxylic acids is 1. The molecule has 0 saturated heterocycles. The molecular weight excluding hydrogens is 307 g/mol. The smallest absolute Gasteiger partial charge is 0.416 e. The molecule has 0 atom stereocenters. The highest BCUT2D eigenvalue weighted by molar-refractivity contribution is 5.79. The Kier molecular flexibility index (Phi) is 5.91. The van der Waals surface area contributed by atoms with Crippen LogP contribution in [-0.2, 0) is 11.0 Å². The normalized spacial score (nSPS) is 14.9. The van der Waals surface area contributed by atoms with Gasteiger partial charge in [0, 0.05) is 5.92 Å². The van der Waals surface area contributed by atoms with Gasteiger partial charge in [0.2, 0.25) is 5.91 Å². The second kappa shape index (κ2) is 7.91. The van der Waals surface area contributed by atoms with Crippen LogP contribution >= 0.6 is 0 Å². The van der Waals surface area contributed by atoms with Crippen LogP contribution in [0.2, 0.25) is 0 Å². The van der Waals surface area contributed by atoms with Gasteiger partial charge in [0.15, 0.2) is 0 Å². The molecule has 1 fully saturated rings. The van der Waals surface area contributed by atoms with Crippen LogP contribution in [0.1, 0.15) is 31.2 Å². The van der Waals surface area contributed by atoms with E-state index in [2.05, 4.69) is 17.2 Å². The first kappa shape index (κ1) is 17.2. The summed E-state index contributed by atoms with van der Waals surface area (Å²) >= 11 is 0. The van der Waals surface area contributed by atoms with Crippen LogP contribution in [0, 0.1) is 17.8 Å². The van der Waals surface area contributed by atoms with Crippen molar-refractivity contribution in [2.24, 2.45) is 5.92 Å². The zero-order valence-electron chi connectivity index (χ0n) is 12.6. The summed E-state index contributed by atoms with van der Waals surface area (Å²) in [6.45, 7) is 0.196. The predicted octanol–water partition coefficient (Wildman–Crippen LogP) is 3.39. The van der Waals surface area contributed by atoms with Crippen LogP contribution < -0.4 is 10.1 Å². The molecule has 2 rings (SSSR count). The van der Waals surface area contributed by atoms with E-state index < -0.39 is 11.7 Å². The molecule has 0 aliphatic heterocycles. The molecule has 1 amide bonds. The third-order valence-electron chi connectivity index (χ3n) is 3.67. The van der Waals surface area contributed by atoms with Crippen LogP contribution in [0.5, 0.6) is 5.75 Å². The van der Waals surface area contributed by atoms with Gasteiger partial charge in [-0.3, -0.25) is 4.79 Å². The first-order chi connectivity index (χ1) is 11.0. The van der Waals surface area contributed by atoms with E-state index in [1.54, 1.807) is 0 Å². The highest BCUT2D eigenvalue weighted by atomic mass is 19.4. The first-order valence-corrected chi connectivity index (χ1v) is 7.50. The van der Waals surface area contributed by atoms with Gasteiger partial charge in [0.05, 0.1) is 12.1 Å². The van der Waals surface area contributed by atoms with Crippen LogP contribution in [0.3, 0.4) is 0 Å². The van der Waals surface area contributed by atoms with Crippen LogP contribution in [0.4, 0.5) is 13.2 Å². The summed E-state index contributed by atoms with van der Waals surface area (Å²) in [5.41, 5.74) is -0.758. The van der Waals surface area contributed by atoms with Crippen molar-refractivity contribution in [3.05, 3.63) is 29.8 Å². The van der Waals surface area contributed by atoms with E-state index >= 15 is 0 Å². The summed E-state index contributed by atoms with van der Waals surface area (Å²) in [7, 11) is 0. The largest absolute Gasteiger partial charge is 0.481 e. The average molecular weight is 325 g/mol. The molecule has 0 radical (unpaired) electrons. The van der Waals surface area contributed by atoms with Crippen LogP contribution in [0.25, 0.3) is 0 Å². The highest BCUT2D eigenvalue weighted by Crippen LogP contribution is 2.31. The van der Waals surface area contributed by atoms with Crippen LogP contribution in [0.15, 0.2) is 24.3 Å². The van der Waals surface area contributed by atoms with E-state index in [0.29, 0.717) is 0 Å². The molecule has 0 bridgehead atoms. The molecule has 124 valence electrons. The molecule has 3 nitrogen and oxygen atoms in total. The van der Waals surface area contributed by atoms with Gasteiger partial charge in [-0.15, -0.1) is 0 Å². The number of hydrogen-bond donors (Lipinski definition) is 1. The summed E-state index contributed by atoms with van der Waals surface area (Å²) in [6.07, 6.45) is -0.353. The maximum atomic E-state index is 12.5. The molecule has 1 aliphatic carbocycles. The van der Waals surface area contributed by atoms with Crippen molar-refractivity contribution in [1.82, 2.24) is 5.32 Å². The fraction of sp³-hybridized carbons (Fsp3) is 0.471. The summed E-state index contributed by atoms with van der Waals surface area (Å²) in [5.74, 6) is 5.63. The van der Waals surface area contributed by atoms with Crippen molar-refractivity contribution < 1.29 is 22.7 Å². The minimum atomic E-state index is -4.39. The summed E-state index contributed by atoms with van der Waals surface area (Å²) in [6, 6.07) is 4.65. The van der Waals surface area contributed by atoms with Gasteiger partial charge in [0.25, 0.3) is 0 Å². The Morgan fingerprint density at radius 3 is 2.70 bits per heavy atom. The van der Waals surface area contributed by atoms with Gasteiger partial charge in [-0.1, -0.05) is 30.7 Å². The maximum absolute atomic E-state index is 12.5. The number of hydrogen-bond acceptors (Lipinski definition) is 2. The van der Waals surface area contributed by atoms with E-state index in [9.17, 15) is 18.0 Å². The molecule has 0 unspecified atom stereocenters. The Balaban J connectivity index is 1.72. The van der Waals surface area contributed by atoms with Crippen molar-refractivity contribution in [3.8, 4) is 17.6 Å². The number of nitrogens with one attached hydrogen (secondary N) is 1. The van der Waals surface area contributed by atoms with E-state index in [1.165, 1.54) is 12.1 Å². The zero-order chi connectivity index (χ0) is 16.7. The molecule has 0 heterocycles. The minimum Gasteiger partial charge on any atom is -0.481 e. The second-order valence-electron chi connectivity index (χ2n) is 5.37. The fourth-order valence-electron chi connectivity index (χ4n) is 2.46. The molecular formula is C17H18F3NO2. The Morgan fingerprint density at radius 2 is 2.00 bits per heavy atom. The third-order valence-corrected chi connectivity index (χ3v) is 3.67. The Morgan fingerprint density at radius 1 is 1.26 bits per heavy atom. The number of amides is 1. The molecule has 0 aromatic heterocycles. The van der Waals surface area contributed by atoms with Gasteiger partial charge in [-0.2, -0.15) is 13.2 Å². The van der Waals surface area contributed by atoms with Gasteiger partial charge < -0.3 is 10.1 Å². The molecule has 1 aromatic rings. The lowest BCUT2D eigenvalue weighted by Gasteiger charge is -2.08. The van der Waals surface area contributed by atoms with Crippen molar-refractivity contribution in [1.29, 1.82) is 0 Å². The standard InChI is InChI=1S/C17H18F3NO2/c18-17(19,20)14-8-5-9-15(12-14)23-11-4-3-10-21-16(22)13-6-1-2-7-13/h5,8-9,12-13H,1-2,6-7,10-11H2,(H,21,22). The molecule has 1 aromatic carbocycles. The number of rotatable bonds is 4. The topological polar surface area (TPSA) is 38.3 Å². The van der Waals surface area contributed by atoms with E-state index in [1.807, 2.05) is 0 Å². The summed E-state index contributed by atoms with van der Waals surface area (Å²) < 4.78 is 42.8. The Labute approximate surface area is 133 Å². The second-order valence-corrected chi connectivity index (χ2v) is 5.37. The number of carbonyl (C=O) groups is 1. The number of alkyl halides is 3. The number of halogens is 3. The monoisotopic (exact) mass is 325 g/mol. The molecule has 23 heavy (non-hydrogen) atoms.